The van der Waals surface area contributed by atoms with Crippen LogP contribution in [0.1, 0.15) is 28.5 Å². The maximum atomic E-state index is 13.1. The summed E-state index contributed by atoms with van der Waals surface area (Å²) in [7, 11) is 0. The number of aromatic nitrogens is 2. The SMILES string of the molecule is CCc1c(C(=O)N2CCc3ccccc32)cnn1-c1ccccc1. The Morgan fingerprint density at radius 2 is 1.83 bits per heavy atom. The summed E-state index contributed by atoms with van der Waals surface area (Å²) in [6.45, 7) is 2.79. The first-order valence-electron chi connectivity index (χ1n) is 8.31. The Bertz CT molecular complexity index is 883. The van der Waals surface area contributed by atoms with Crippen molar-refractivity contribution in [1.82, 2.24) is 9.78 Å². The molecule has 0 N–H and O–H groups in total. The number of carbonyl (C=O) groups is 1. The van der Waals surface area contributed by atoms with Crippen LogP contribution in [0, 0.1) is 0 Å². The molecule has 1 aliphatic heterocycles. The molecule has 2 heterocycles. The summed E-state index contributed by atoms with van der Waals surface area (Å²) in [4.78, 5) is 15.0. The smallest absolute Gasteiger partial charge is 0.261 e. The predicted octanol–water partition coefficient (Wildman–Crippen LogP) is 3.64. The van der Waals surface area contributed by atoms with Crippen LogP contribution in [-0.4, -0.2) is 22.2 Å². The highest BCUT2D eigenvalue weighted by Gasteiger charge is 2.28. The highest BCUT2D eigenvalue weighted by Crippen LogP contribution is 2.29. The minimum Gasteiger partial charge on any atom is -0.308 e. The van der Waals surface area contributed by atoms with E-state index in [4.69, 9.17) is 0 Å². The van der Waals surface area contributed by atoms with Gasteiger partial charge in [-0.1, -0.05) is 43.3 Å². The van der Waals surface area contributed by atoms with Crippen molar-refractivity contribution in [1.29, 1.82) is 0 Å². The largest absolute Gasteiger partial charge is 0.308 e. The molecule has 0 aliphatic carbocycles. The number of nitrogens with zero attached hydrogens (tertiary/aromatic N) is 3. The van der Waals surface area contributed by atoms with Gasteiger partial charge in [-0.15, -0.1) is 0 Å². The Labute approximate surface area is 141 Å². The maximum Gasteiger partial charge on any atom is 0.261 e. The van der Waals surface area contributed by atoms with Crippen LogP contribution in [0.25, 0.3) is 5.69 Å². The number of carbonyl (C=O) groups excluding carboxylic acids is 1. The van der Waals surface area contributed by atoms with Crippen LogP contribution in [0.5, 0.6) is 0 Å². The topological polar surface area (TPSA) is 38.1 Å². The summed E-state index contributed by atoms with van der Waals surface area (Å²) in [5, 5.41) is 4.47. The van der Waals surface area contributed by atoms with Crippen molar-refractivity contribution in [3.05, 3.63) is 77.6 Å². The Balaban J connectivity index is 1.73. The number of rotatable bonds is 3. The van der Waals surface area contributed by atoms with E-state index in [1.807, 2.05) is 58.1 Å². The number of amides is 1. The van der Waals surface area contributed by atoms with Crippen LogP contribution in [0.2, 0.25) is 0 Å². The van der Waals surface area contributed by atoms with E-state index in [9.17, 15) is 4.79 Å². The Morgan fingerprint density at radius 3 is 2.62 bits per heavy atom. The molecule has 4 nitrogen and oxygen atoms in total. The van der Waals surface area contributed by atoms with E-state index in [0.29, 0.717) is 5.56 Å². The molecule has 0 fully saturated rings. The second-order valence-electron chi connectivity index (χ2n) is 5.94. The van der Waals surface area contributed by atoms with Crippen LogP contribution in [0.4, 0.5) is 5.69 Å². The molecule has 2 aromatic carbocycles. The van der Waals surface area contributed by atoms with E-state index in [0.717, 1.165) is 36.5 Å². The van der Waals surface area contributed by atoms with Gasteiger partial charge in [0.2, 0.25) is 0 Å². The lowest BCUT2D eigenvalue weighted by atomic mass is 10.1. The van der Waals surface area contributed by atoms with Gasteiger partial charge in [-0.05, 0) is 36.6 Å². The van der Waals surface area contributed by atoms with Gasteiger partial charge < -0.3 is 4.90 Å². The van der Waals surface area contributed by atoms with Gasteiger partial charge >= 0.3 is 0 Å². The molecule has 0 radical (unpaired) electrons. The van der Waals surface area contributed by atoms with Crippen molar-refractivity contribution in [3.8, 4) is 5.69 Å². The molecule has 0 saturated carbocycles. The van der Waals surface area contributed by atoms with Gasteiger partial charge in [-0.25, -0.2) is 4.68 Å². The molecule has 0 saturated heterocycles. The van der Waals surface area contributed by atoms with Crippen LogP contribution in [0.15, 0.2) is 60.8 Å². The van der Waals surface area contributed by atoms with Gasteiger partial charge in [0.05, 0.1) is 23.1 Å². The van der Waals surface area contributed by atoms with Crippen molar-refractivity contribution >= 4 is 11.6 Å². The number of anilines is 1. The quantitative estimate of drug-likeness (QED) is 0.740. The third-order valence-electron chi connectivity index (χ3n) is 4.57. The zero-order chi connectivity index (χ0) is 16.5. The van der Waals surface area contributed by atoms with E-state index in [1.165, 1.54) is 5.56 Å². The lowest BCUT2D eigenvalue weighted by Crippen LogP contribution is -2.29. The van der Waals surface area contributed by atoms with Crippen LogP contribution in [-0.2, 0) is 12.8 Å². The lowest BCUT2D eigenvalue weighted by molar-refractivity contribution is 0.0988. The molecule has 1 amide bonds. The van der Waals surface area contributed by atoms with Crippen molar-refractivity contribution in [2.24, 2.45) is 0 Å². The highest BCUT2D eigenvalue weighted by atomic mass is 16.2. The summed E-state index contributed by atoms with van der Waals surface area (Å²) >= 11 is 0. The monoisotopic (exact) mass is 317 g/mol. The number of fused-ring (bicyclic) bond motifs is 1. The molecular weight excluding hydrogens is 298 g/mol. The summed E-state index contributed by atoms with van der Waals surface area (Å²) in [6, 6.07) is 18.1. The fraction of sp³-hybridized carbons (Fsp3) is 0.200. The summed E-state index contributed by atoms with van der Waals surface area (Å²) in [5.41, 5.74) is 4.89. The number of hydrogen-bond donors (Lipinski definition) is 0. The molecule has 0 bridgehead atoms. The average Bonchev–Trinajstić information content (AvgIpc) is 3.26. The second kappa shape index (κ2) is 5.96. The predicted molar refractivity (Wildman–Crippen MR) is 94.8 cm³/mol. The lowest BCUT2D eigenvalue weighted by Gasteiger charge is -2.17. The van der Waals surface area contributed by atoms with Gasteiger partial charge in [0.15, 0.2) is 0 Å². The standard InChI is InChI=1S/C20H19N3O/c1-2-18-17(14-21-23(18)16-9-4-3-5-10-16)20(24)22-13-12-15-8-6-7-11-19(15)22/h3-11,14H,2,12-13H2,1H3. The number of hydrogen-bond acceptors (Lipinski definition) is 2. The molecule has 3 aromatic rings. The molecule has 4 heteroatoms. The Hall–Kier alpha value is -2.88. The molecule has 1 aliphatic rings. The normalized spacial score (nSPS) is 13.1. The van der Waals surface area contributed by atoms with Crippen molar-refractivity contribution in [2.45, 2.75) is 19.8 Å². The Kier molecular flexibility index (Phi) is 3.65. The first-order chi connectivity index (χ1) is 11.8. The fourth-order valence-corrected chi connectivity index (χ4v) is 3.38. The number of benzene rings is 2. The summed E-state index contributed by atoms with van der Waals surface area (Å²) < 4.78 is 1.87. The van der Waals surface area contributed by atoms with Crippen molar-refractivity contribution < 1.29 is 4.79 Å². The number of para-hydroxylation sites is 2. The van der Waals surface area contributed by atoms with Crippen LogP contribution < -0.4 is 4.90 Å². The third kappa shape index (κ3) is 2.31. The zero-order valence-electron chi connectivity index (χ0n) is 13.6. The van der Waals surface area contributed by atoms with Crippen molar-refractivity contribution in [2.75, 3.05) is 11.4 Å². The van der Waals surface area contributed by atoms with Gasteiger partial charge in [0.25, 0.3) is 5.91 Å². The molecular formula is C20H19N3O. The molecule has 24 heavy (non-hydrogen) atoms. The van der Waals surface area contributed by atoms with E-state index in [-0.39, 0.29) is 5.91 Å². The molecule has 0 atom stereocenters. The first kappa shape index (κ1) is 14.7. The van der Waals surface area contributed by atoms with Gasteiger partial charge in [0.1, 0.15) is 0 Å². The summed E-state index contributed by atoms with van der Waals surface area (Å²) in [6.07, 6.45) is 3.37. The summed E-state index contributed by atoms with van der Waals surface area (Å²) in [5.74, 6) is 0.0407. The highest BCUT2D eigenvalue weighted by molar-refractivity contribution is 6.08. The molecule has 120 valence electrons. The minimum atomic E-state index is 0.0407. The second-order valence-corrected chi connectivity index (χ2v) is 5.94. The van der Waals surface area contributed by atoms with E-state index < -0.39 is 0 Å². The van der Waals surface area contributed by atoms with E-state index in [2.05, 4.69) is 18.1 Å². The molecule has 1 aromatic heterocycles. The molecule has 0 unspecified atom stereocenters. The fourth-order valence-electron chi connectivity index (χ4n) is 3.38. The van der Waals surface area contributed by atoms with E-state index >= 15 is 0 Å². The first-order valence-corrected chi connectivity index (χ1v) is 8.31. The van der Waals surface area contributed by atoms with Crippen molar-refractivity contribution in [3.63, 3.8) is 0 Å². The minimum absolute atomic E-state index is 0.0407. The van der Waals surface area contributed by atoms with Gasteiger partial charge in [-0.3, -0.25) is 4.79 Å². The Morgan fingerprint density at radius 1 is 1.08 bits per heavy atom. The van der Waals surface area contributed by atoms with Gasteiger partial charge in [-0.2, -0.15) is 5.10 Å². The maximum absolute atomic E-state index is 13.1. The average molecular weight is 317 g/mol. The van der Waals surface area contributed by atoms with Crippen LogP contribution in [0.3, 0.4) is 0 Å². The van der Waals surface area contributed by atoms with Gasteiger partial charge in [0, 0.05) is 12.2 Å². The van der Waals surface area contributed by atoms with E-state index in [1.54, 1.807) is 6.20 Å². The third-order valence-corrected chi connectivity index (χ3v) is 4.57. The molecule has 0 spiro atoms. The zero-order valence-corrected chi connectivity index (χ0v) is 13.6. The van der Waals surface area contributed by atoms with Crippen LogP contribution >= 0.6 is 0 Å². The molecule has 4 rings (SSSR count).